The quantitative estimate of drug-likeness (QED) is 0.173. The van der Waals surface area contributed by atoms with Crippen LogP contribution in [0.25, 0.3) is 0 Å². The summed E-state index contributed by atoms with van der Waals surface area (Å²) in [5.74, 6) is 0.611. The van der Waals surface area contributed by atoms with Crippen molar-refractivity contribution in [1.82, 2.24) is 31.5 Å². The molecule has 0 aliphatic carbocycles. The molecule has 1 heterocycles. The Hall–Kier alpha value is -4.56. The van der Waals surface area contributed by atoms with Crippen LogP contribution in [-0.2, 0) is 16.0 Å². The number of ether oxygens (including phenoxy) is 3. The van der Waals surface area contributed by atoms with E-state index < -0.39 is 35.5 Å². The largest absolute Gasteiger partial charge is 0.493 e. The fourth-order valence-electron chi connectivity index (χ4n) is 4.17. The molecule has 5 N–H and O–H groups in total. The fraction of sp³-hybridized carbons (Fsp3) is 0.625. The molecule has 1 aliphatic heterocycles. The minimum Gasteiger partial charge on any atom is -0.493 e. The molecular formula is C32H52N8O7. The maximum absolute atomic E-state index is 13.5. The standard InChI is InChI=1S/C32H52N8O7/c1-31(2,3)46-29(43)38-25(36-27(41)33-7)34-18-12-14-20-40-19-13-8-9-15-21-45-24-17-11-10-16-23(24)22-35-26(37-28(40)42)39-30(44)47-32(4,5)6/h10-11,16-17H,8-9,12-15,18-22H2,1-7H3,(H2,35,37,39,42,44)(H3,33,34,36,38,41,43). The number of amides is 6. The van der Waals surface area contributed by atoms with Crippen LogP contribution in [0.15, 0.2) is 34.3 Å². The van der Waals surface area contributed by atoms with Gasteiger partial charge in [0.25, 0.3) is 0 Å². The first-order valence-corrected chi connectivity index (χ1v) is 16.0. The van der Waals surface area contributed by atoms with Gasteiger partial charge in [0.2, 0.25) is 11.9 Å². The van der Waals surface area contributed by atoms with Crippen molar-refractivity contribution in [2.24, 2.45) is 9.98 Å². The zero-order valence-electron chi connectivity index (χ0n) is 28.8. The number of benzene rings is 1. The Morgan fingerprint density at radius 1 is 0.957 bits per heavy atom. The smallest absolute Gasteiger partial charge is 0.414 e. The van der Waals surface area contributed by atoms with Crippen molar-refractivity contribution in [2.45, 2.75) is 97.8 Å². The number of nitrogens with zero attached hydrogens (tertiary/aromatic N) is 3. The number of guanidine groups is 2. The molecule has 0 unspecified atom stereocenters. The van der Waals surface area contributed by atoms with Gasteiger partial charge < -0.3 is 24.4 Å². The Morgan fingerprint density at radius 3 is 2.34 bits per heavy atom. The molecule has 0 radical (unpaired) electrons. The summed E-state index contributed by atoms with van der Waals surface area (Å²) < 4.78 is 16.6. The highest BCUT2D eigenvalue weighted by molar-refractivity contribution is 6.03. The first-order chi connectivity index (χ1) is 22.1. The van der Waals surface area contributed by atoms with Crippen LogP contribution >= 0.6 is 0 Å². The molecule has 47 heavy (non-hydrogen) atoms. The minimum atomic E-state index is -0.752. The van der Waals surface area contributed by atoms with Crippen molar-refractivity contribution in [3.8, 4) is 5.75 Å². The molecule has 0 saturated carbocycles. The van der Waals surface area contributed by atoms with Gasteiger partial charge in [-0.1, -0.05) is 31.0 Å². The molecule has 1 aromatic carbocycles. The first-order valence-electron chi connectivity index (χ1n) is 16.0. The number of urea groups is 2. The number of fused-ring (bicyclic) bond motifs is 1. The van der Waals surface area contributed by atoms with Gasteiger partial charge in [0.15, 0.2) is 0 Å². The second-order valence-corrected chi connectivity index (χ2v) is 12.8. The van der Waals surface area contributed by atoms with Gasteiger partial charge in [0.1, 0.15) is 17.0 Å². The SMILES string of the molecule is CNC(=O)NC(=NCCCCN1CCCCCCOc2ccccc2CN=C(NC(=O)OC(C)(C)C)NC1=O)NC(=O)OC(C)(C)C. The predicted octanol–water partition coefficient (Wildman–Crippen LogP) is 4.62. The molecule has 0 bridgehead atoms. The maximum Gasteiger partial charge on any atom is 0.414 e. The number of aliphatic imine (C=N–C) groups is 2. The number of para-hydroxylation sites is 1. The van der Waals surface area contributed by atoms with E-state index in [4.69, 9.17) is 14.2 Å². The average Bonchev–Trinajstić information content (AvgIpc) is 2.96. The van der Waals surface area contributed by atoms with Crippen LogP contribution in [-0.4, -0.2) is 85.6 Å². The van der Waals surface area contributed by atoms with Gasteiger partial charge in [-0.3, -0.25) is 26.3 Å². The van der Waals surface area contributed by atoms with Gasteiger partial charge in [-0.2, -0.15) is 0 Å². The lowest BCUT2D eigenvalue weighted by Gasteiger charge is -2.24. The van der Waals surface area contributed by atoms with Crippen LogP contribution in [0.2, 0.25) is 0 Å². The van der Waals surface area contributed by atoms with Crippen molar-refractivity contribution >= 4 is 36.2 Å². The number of nitrogens with one attached hydrogen (secondary N) is 5. The van der Waals surface area contributed by atoms with Crippen molar-refractivity contribution < 1.29 is 33.4 Å². The maximum atomic E-state index is 13.5. The highest BCUT2D eigenvalue weighted by atomic mass is 16.6. The van der Waals surface area contributed by atoms with E-state index in [1.54, 1.807) is 46.4 Å². The number of alkyl carbamates (subject to hydrolysis) is 2. The zero-order valence-corrected chi connectivity index (χ0v) is 28.8. The van der Waals surface area contributed by atoms with Gasteiger partial charge in [-0.15, -0.1) is 0 Å². The summed E-state index contributed by atoms with van der Waals surface area (Å²) in [6.07, 6.45) is 3.11. The molecule has 0 saturated heterocycles. The van der Waals surface area contributed by atoms with Crippen molar-refractivity contribution in [1.29, 1.82) is 0 Å². The van der Waals surface area contributed by atoms with E-state index in [1.165, 1.54) is 7.05 Å². The molecule has 0 aromatic heterocycles. The van der Waals surface area contributed by atoms with E-state index in [9.17, 15) is 19.2 Å². The lowest BCUT2D eigenvalue weighted by atomic mass is 10.2. The van der Waals surface area contributed by atoms with E-state index >= 15 is 0 Å². The number of unbranched alkanes of at least 4 members (excludes halogenated alkanes) is 1. The van der Waals surface area contributed by atoms with E-state index in [0.29, 0.717) is 38.3 Å². The van der Waals surface area contributed by atoms with Crippen LogP contribution in [0.5, 0.6) is 5.75 Å². The van der Waals surface area contributed by atoms with E-state index in [-0.39, 0.29) is 25.0 Å². The van der Waals surface area contributed by atoms with Crippen molar-refractivity contribution in [3.05, 3.63) is 29.8 Å². The molecule has 0 atom stereocenters. The molecule has 0 fully saturated rings. The van der Waals surface area contributed by atoms with Crippen LogP contribution < -0.4 is 31.3 Å². The fourth-order valence-corrected chi connectivity index (χ4v) is 4.17. The summed E-state index contributed by atoms with van der Waals surface area (Å²) in [6.45, 7) is 12.3. The molecule has 1 aromatic rings. The number of carbonyl (C=O) groups is 4. The van der Waals surface area contributed by atoms with E-state index in [2.05, 4.69) is 36.6 Å². The van der Waals surface area contributed by atoms with Crippen LogP contribution in [0.3, 0.4) is 0 Å². The van der Waals surface area contributed by atoms with E-state index in [0.717, 1.165) is 31.2 Å². The highest BCUT2D eigenvalue weighted by Crippen LogP contribution is 2.20. The third-order valence-electron chi connectivity index (χ3n) is 6.28. The summed E-state index contributed by atoms with van der Waals surface area (Å²) >= 11 is 0. The molecule has 2 rings (SSSR count). The number of hydrogen-bond donors (Lipinski definition) is 5. The predicted molar refractivity (Wildman–Crippen MR) is 180 cm³/mol. The summed E-state index contributed by atoms with van der Waals surface area (Å²) in [4.78, 5) is 60.7. The first kappa shape index (κ1) is 38.6. The second kappa shape index (κ2) is 19.2. The van der Waals surface area contributed by atoms with Crippen molar-refractivity contribution in [2.75, 3.05) is 33.3 Å². The van der Waals surface area contributed by atoms with Gasteiger partial charge in [-0.05, 0) is 73.3 Å². The van der Waals surface area contributed by atoms with Crippen LogP contribution in [0.1, 0.15) is 85.6 Å². The molecule has 262 valence electrons. The molecule has 15 nitrogen and oxygen atoms in total. The Kier molecular flexibility index (Phi) is 15.8. The normalized spacial score (nSPS) is 15.3. The van der Waals surface area contributed by atoms with Crippen LogP contribution in [0, 0.1) is 0 Å². The number of carbonyl (C=O) groups excluding carboxylic acids is 4. The lowest BCUT2D eigenvalue weighted by molar-refractivity contribution is 0.0549. The zero-order chi connectivity index (χ0) is 34.9. The summed E-state index contributed by atoms with van der Waals surface area (Å²) in [6, 6.07) is 6.55. The van der Waals surface area contributed by atoms with Gasteiger partial charge in [0, 0.05) is 32.2 Å². The van der Waals surface area contributed by atoms with Gasteiger partial charge in [-0.25, -0.2) is 24.2 Å². The molecule has 0 spiro atoms. The molecule has 1 aliphatic rings. The monoisotopic (exact) mass is 660 g/mol. The third-order valence-corrected chi connectivity index (χ3v) is 6.28. The number of rotatable bonds is 5. The van der Waals surface area contributed by atoms with E-state index in [1.807, 2.05) is 24.3 Å². The minimum absolute atomic E-state index is 0.0401. The summed E-state index contributed by atoms with van der Waals surface area (Å²) in [5, 5.41) is 12.7. The topological polar surface area (TPSA) is 184 Å². The van der Waals surface area contributed by atoms with Gasteiger partial charge >= 0.3 is 24.2 Å². The molecule has 15 heteroatoms. The molecular weight excluding hydrogens is 608 g/mol. The second-order valence-electron chi connectivity index (χ2n) is 12.8. The Morgan fingerprint density at radius 2 is 1.64 bits per heavy atom. The third kappa shape index (κ3) is 17.1. The van der Waals surface area contributed by atoms with Gasteiger partial charge in [0.05, 0.1) is 13.2 Å². The summed E-state index contributed by atoms with van der Waals surface area (Å²) in [5.41, 5.74) is -0.668. The Labute approximate surface area is 277 Å². The average molecular weight is 661 g/mol. The van der Waals surface area contributed by atoms with Crippen molar-refractivity contribution in [3.63, 3.8) is 0 Å². The highest BCUT2D eigenvalue weighted by Gasteiger charge is 2.21. The Bertz CT molecular complexity index is 1250. The number of hydrogen-bond acceptors (Lipinski definition) is 9. The molecule has 6 amide bonds. The Balaban J connectivity index is 2.15. The van der Waals surface area contributed by atoms with Crippen LogP contribution in [0.4, 0.5) is 19.2 Å². The summed E-state index contributed by atoms with van der Waals surface area (Å²) in [7, 11) is 1.44. The lowest BCUT2D eigenvalue weighted by Crippen LogP contribution is -2.50.